The van der Waals surface area contributed by atoms with Gasteiger partial charge in [-0.3, -0.25) is 4.68 Å². The van der Waals surface area contributed by atoms with E-state index in [4.69, 9.17) is 6.42 Å². The molecule has 0 saturated carbocycles. The third kappa shape index (κ3) is 4.74. The zero-order chi connectivity index (χ0) is 14.1. The first-order valence-corrected chi connectivity index (χ1v) is 7.69. The molecule has 2 heteroatoms. The quantitative estimate of drug-likeness (QED) is 0.463. The van der Waals surface area contributed by atoms with Crippen molar-refractivity contribution in [3.05, 3.63) is 18.0 Å². The van der Waals surface area contributed by atoms with Crippen LogP contribution in [0, 0.1) is 12.3 Å². The predicted octanol–water partition coefficient (Wildman–Crippen LogP) is 4.74. The van der Waals surface area contributed by atoms with Crippen molar-refractivity contribution in [3.63, 3.8) is 0 Å². The molecule has 0 fully saturated rings. The molecule has 0 bridgehead atoms. The van der Waals surface area contributed by atoms with Crippen molar-refractivity contribution in [2.75, 3.05) is 0 Å². The van der Waals surface area contributed by atoms with Crippen LogP contribution in [0.4, 0.5) is 0 Å². The fourth-order valence-electron chi connectivity index (χ4n) is 2.55. The van der Waals surface area contributed by atoms with E-state index in [-0.39, 0.29) is 5.54 Å². The Kier molecular flexibility index (Phi) is 6.70. The Morgan fingerprint density at radius 3 is 2.42 bits per heavy atom. The Morgan fingerprint density at radius 1 is 1.16 bits per heavy atom. The summed E-state index contributed by atoms with van der Waals surface area (Å²) in [6.07, 6.45) is 17.5. The third-order valence-electron chi connectivity index (χ3n) is 3.93. The van der Waals surface area contributed by atoms with Gasteiger partial charge in [-0.05, 0) is 31.8 Å². The maximum atomic E-state index is 5.42. The molecule has 0 spiro atoms. The normalized spacial score (nSPS) is 14.0. The van der Waals surface area contributed by atoms with E-state index >= 15 is 0 Å². The van der Waals surface area contributed by atoms with Gasteiger partial charge in [0, 0.05) is 6.20 Å². The van der Waals surface area contributed by atoms with Crippen LogP contribution < -0.4 is 0 Å². The molecule has 1 unspecified atom stereocenters. The first kappa shape index (κ1) is 15.8. The Morgan fingerprint density at radius 2 is 1.84 bits per heavy atom. The van der Waals surface area contributed by atoms with E-state index in [1.807, 2.05) is 12.3 Å². The average molecular weight is 260 g/mol. The van der Waals surface area contributed by atoms with E-state index < -0.39 is 0 Å². The van der Waals surface area contributed by atoms with Crippen LogP contribution in [0.1, 0.15) is 77.8 Å². The van der Waals surface area contributed by atoms with Crippen LogP contribution in [-0.4, -0.2) is 9.78 Å². The van der Waals surface area contributed by atoms with Crippen molar-refractivity contribution in [1.82, 2.24) is 9.78 Å². The van der Waals surface area contributed by atoms with Gasteiger partial charge in [0.15, 0.2) is 0 Å². The van der Waals surface area contributed by atoms with E-state index in [2.05, 4.69) is 36.5 Å². The Labute approximate surface area is 118 Å². The number of rotatable bonds is 9. The lowest BCUT2D eigenvalue weighted by molar-refractivity contribution is 0.229. The number of terminal acetylenes is 1. The van der Waals surface area contributed by atoms with Crippen LogP contribution in [0.2, 0.25) is 0 Å². The first-order valence-electron chi connectivity index (χ1n) is 7.69. The van der Waals surface area contributed by atoms with Crippen LogP contribution in [-0.2, 0) is 5.54 Å². The van der Waals surface area contributed by atoms with Gasteiger partial charge >= 0.3 is 0 Å². The molecular formula is C17H28N2. The van der Waals surface area contributed by atoms with E-state index in [1.165, 1.54) is 51.4 Å². The maximum absolute atomic E-state index is 5.42. The van der Waals surface area contributed by atoms with Gasteiger partial charge in [-0.15, -0.1) is 6.42 Å². The van der Waals surface area contributed by atoms with Gasteiger partial charge in [0.1, 0.15) is 5.69 Å². The summed E-state index contributed by atoms with van der Waals surface area (Å²) < 4.78 is 2.10. The molecule has 0 aliphatic heterocycles. The monoisotopic (exact) mass is 260 g/mol. The Bertz CT molecular complexity index is 400. The summed E-state index contributed by atoms with van der Waals surface area (Å²) in [5, 5.41) is 4.53. The SMILES string of the molecule is C#Cc1ccn(C(C)(CCCC)CCCCCC)n1. The minimum atomic E-state index is 0.124. The molecule has 0 saturated heterocycles. The highest BCUT2D eigenvalue weighted by Crippen LogP contribution is 2.29. The fraction of sp³-hybridized carbons (Fsp3) is 0.706. The molecule has 0 N–H and O–H groups in total. The molecule has 1 aromatic rings. The van der Waals surface area contributed by atoms with Gasteiger partial charge in [-0.25, -0.2) is 0 Å². The molecule has 2 nitrogen and oxygen atoms in total. The van der Waals surface area contributed by atoms with Crippen molar-refractivity contribution < 1.29 is 0 Å². The first-order chi connectivity index (χ1) is 9.16. The zero-order valence-corrected chi connectivity index (χ0v) is 12.8. The van der Waals surface area contributed by atoms with Crippen LogP contribution in [0.3, 0.4) is 0 Å². The van der Waals surface area contributed by atoms with Crippen LogP contribution in [0.25, 0.3) is 0 Å². The molecule has 0 amide bonds. The Balaban J connectivity index is 2.71. The zero-order valence-electron chi connectivity index (χ0n) is 12.8. The van der Waals surface area contributed by atoms with Crippen molar-refractivity contribution >= 4 is 0 Å². The molecule has 1 heterocycles. The summed E-state index contributed by atoms with van der Waals surface area (Å²) in [5.74, 6) is 2.62. The van der Waals surface area contributed by atoms with Crippen molar-refractivity contribution in [3.8, 4) is 12.3 Å². The summed E-state index contributed by atoms with van der Waals surface area (Å²) in [6.45, 7) is 6.82. The largest absolute Gasteiger partial charge is 0.266 e. The van der Waals surface area contributed by atoms with Gasteiger partial charge < -0.3 is 0 Å². The molecule has 1 atom stereocenters. The lowest BCUT2D eigenvalue weighted by Gasteiger charge is -2.30. The van der Waals surface area contributed by atoms with Crippen LogP contribution in [0.5, 0.6) is 0 Å². The molecular weight excluding hydrogens is 232 g/mol. The van der Waals surface area contributed by atoms with E-state index in [0.29, 0.717) is 0 Å². The van der Waals surface area contributed by atoms with Crippen LogP contribution in [0.15, 0.2) is 12.3 Å². The average Bonchev–Trinajstić information content (AvgIpc) is 2.91. The van der Waals surface area contributed by atoms with Gasteiger partial charge in [0.25, 0.3) is 0 Å². The molecule has 1 aromatic heterocycles. The molecule has 0 aliphatic carbocycles. The number of nitrogens with zero attached hydrogens (tertiary/aromatic N) is 2. The molecule has 1 rings (SSSR count). The second kappa shape index (κ2) is 8.04. The summed E-state index contributed by atoms with van der Waals surface area (Å²) >= 11 is 0. The molecule has 0 radical (unpaired) electrons. The number of unbranched alkanes of at least 4 members (excludes halogenated alkanes) is 4. The van der Waals surface area contributed by atoms with E-state index in [9.17, 15) is 0 Å². The standard InChI is InChI=1S/C17H28N2/c1-5-8-10-11-14-17(4,13-9-6-2)19-15-12-16(7-3)18-19/h3,12,15H,5-6,8-11,13-14H2,1-2,4H3. The smallest absolute Gasteiger partial charge is 0.135 e. The van der Waals surface area contributed by atoms with E-state index in [0.717, 1.165) is 5.69 Å². The number of hydrogen-bond donors (Lipinski definition) is 0. The van der Waals surface area contributed by atoms with Crippen molar-refractivity contribution in [2.24, 2.45) is 0 Å². The van der Waals surface area contributed by atoms with Crippen molar-refractivity contribution in [1.29, 1.82) is 0 Å². The summed E-state index contributed by atoms with van der Waals surface area (Å²) in [4.78, 5) is 0. The lowest BCUT2D eigenvalue weighted by Crippen LogP contribution is -2.30. The van der Waals surface area contributed by atoms with Crippen molar-refractivity contribution in [2.45, 2.75) is 77.7 Å². The highest BCUT2D eigenvalue weighted by Gasteiger charge is 2.26. The van der Waals surface area contributed by atoms with Gasteiger partial charge in [0.2, 0.25) is 0 Å². The topological polar surface area (TPSA) is 17.8 Å². The highest BCUT2D eigenvalue weighted by molar-refractivity contribution is 5.22. The minimum Gasteiger partial charge on any atom is -0.266 e. The molecule has 106 valence electrons. The predicted molar refractivity (Wildman–Crippen MR) is 82.1 cm³/mol. The summed E-state index contributed by atoms with van der Waals surface area (Å²) in [7, 11) is 0. The third-order valence-corrected chi connectivity index (χ3v) is 3.93. The lowest BCUT2D eigenvalue weighted by atomic mass is 9.89. The summed E-state index contributed by atoms with van der Waals surface area (Å²) in [6, 6.07) is 1.94. The fourth-order valence-corrected chi connectivity index (χ4v) is 2.55. The molecule has 0 aromatic carbocycles. The maximum Gasteiger partial charge on any atom is 0.135 e. The van der Waals surface area contributed by atoms with Gasteiger partial charge in [-0.2, -0.15) is 5.10 Å². The van der Waals surface area contributed by atoms with Gasteiger partial charge in [0.05, 0.1) is 5.54 Å². The molecule has 0 aliphatic rings. The Hall–Kier alpha value is -1.23. The number of hydrogen-bond acceptors (Lipinski definition) is 1. The van der Waals surface area contributed by atoms with Crippen LogP contribution >= 0.6 is 0 Å². The van der Waals surface area contributed by atoms with Gasteiger partial charge in [-0.1, -0.05) is 52.4 Å². The number of aromatic nitrogens is 2. The second-order valence-electron chi connectivity index (χ2n) is 5.70. The minimum absolute atomic E-state index is 0.124. The van der Waals surface area contributed by atoms with E-state index in [1.54, 1.807) is 0 Å². The molecule has 19 heavy (non-hydrogen) atoms. The summed E-state index contributed by atoms with van der Waals surface area (Å²) in [5.41, 5.74) is 0.870. The highest BCUT2D eigenvalue weighted by atomic mass is 15.3. The second-order valence-corrected chi connectivity index (χ2v) is 5.70.